The summed E-state index contributed by atoms with van der Waals surface area (Å²) in [7, 11) is 0. The SMILES string of the molecule is Cc1nc2c(s1)C(=O)C=C(NCC(C)(C)CNC1=CC(=O)c3sc(C)nc3C1=O)C2=O. The van der Waals surface area contributed by atoms with E-state index < -0.39 is 5.41 Å². The second kappa shape index (κ2) is 7.61. The number of aromatic nitrogens is 2. The second-order valence-corrected chi connectivity index (χ2v) is 10.6. The van der Waals surface area contributed by atoms with E-state index in [0.29, 0.717) is 32.9 Å². The number of carbonyl (C=O) groups excluding carboxylic acids is 4. The molecule has 0 radical (unpaired) electrons. The molecule has 0 saturated carbocycles. The molecule has 0 aromatic carbocycles. The molecule has 2 aliphatic rings. The standard InChI is InChI=1S/C21H20N4O4S2/c1-9-24-15-17(28)11(5-13(26)19(15)30-9)22-7-21(3,4)8-23-12-6-14(27)20-16(18(12)29)25-10(2)31-20/h5-6,22-23H,7-8H2,1-4H3. The van der Waals surface area contributed by atoms with Crippen molar-refractivity contribution in [1.29, 1.82) is 0 Å². The van der Waals surface area contributed by atoms with E-state index in [9.17, 15) is 19.2 Å². The van der Waals surface area contributed by atoms with E-state index in [1.807, 2.05) is 13.8 Å². The maximum Gasteiger partial charge on any atom is 0.228 e. The Hall–Kier alpha value is -2.98. The summed E-state index contributed by atoms with van der Waals surface area (Å²) < 4.78 is 0. The maximum atomic E-state index is 12.6. The molecule has 0 bridgehead atoms. The smallest absolute Gasteiger partial charge is 0.228 e. The fourth-order valence-electron chi connectivity index (χ4n) is 3.27. The number of allylic oxidation sites excluding steroid dienone is 4. The molecule has 2 N–H and O–H groups in total. The lowest BCUT2D eigenvalue weighted by Crippen LogP contribution is -2.41. The molecule has 160 valence electrons. The minimum Gasteiger partial charge on any atom is -0.381 e. The van der Waals surface area contributed by atoms with Gasteiger partial charge < -0.3 is 10.6 Å². The molecule has 2 aliphatic carbocycles. The van der Waals surface area contributed by atoms with E-state index in [2.05, 4.69) is 20.6 Å². The average Bonchev–Trinajstić information content (AvgIpc) is 3.29. The number of hydrogen-bond donors (Lipinski definition) is 2. The van der Waals surface area contributed by atoms with Crippen molar-refractivity contribution in [1.82, 2.24) is 20.6 Å². The van der Waals surface area contributed by atoms with Gasteiger partial charge in [0.2, 0.25) is 11.6 Å². The van der Waals surface area contributed by atoms with E-state index in [-0.39, 0.29) is 45.9 Å². The molecule has 2 aromatic heterocycles. The highest BCUT2D eigenvalue weighted by atomic mass is 32.1. The van der Waals surface area contributed by atoms with Crippen LogP contribution < -0.4 is 10.6 Å². The van der Waals surface area contributed by atoms with Crippen LogP contribution in [0.25, 0.3) is 0 Å². The molecular weight excluding hydrogens is 436 g/mol. The molecular formula is C21H20N4O4S2. The van der Waals surface area contributed by atoms with Crippen molar-refractivity contribution in [2.24, 2.45) is 5.41 Å². The van der Waals surface area contributed by atoms with Crippen molar-refractivity contribution in [2.45, 2.75) is 27.7 Å². The Balaban J connectivity index is 1.40. The summed E-state index contributed by atoms with van der Waals surface area (Å²) >= 11 is 2.43. The van der Waals surface area contributed by atoms with Crippen LogP contribution in [0.2, 0.25) is 0 Å². The molecule has 0 amide bonds. The summed E-state index contributed by atoms with van der Waals surface area (Å²) in [6.07, 6.45) is 2.62. The number of nitrogens with one attached hydrogen (secondary N) is 2. The lowest BCUT2D eigenvalue weighted by atomic mass is 9.92. The van der Waals surface area contributed by atoms with Crippen LogP contribution in [-0.4, -0.2) is 46.2 Å². The third-order valence-corrected chi connectivity index (χ3v) is 6.87. The van der Waals surface area contributed by atoms with Gasteiger partial charge in [0, 0.05) is 25.2 Å². The van der Waals surface area contributed by atoms with E-state index in [1.54, 1.807) is 13.8 Å². The van der Waals surface area contributed by atoms with Gasteiger partial charge in [-0.15, -0.1) is 22.7 Å². The van der Waals surface area contributed by atoms with Crippen LogP contribution in [0.5, 0.6) is 0 Å². The first-order valence-electron chi connectivity index (χ1n) is 9.60. The first-order chi connectivity index (χ1) is 14.6. The van der Waals surface area contributed by atoms with Crippen LogP contribution in [0, 0.1) is 19.3 Å². The van der Waals surface area contributed by atoms with E-state index in [0.717, 1.165) is 0 Å². The highest BCUT2D eigenvalue weighted by Crippen LogP contribution is 2.27. The van der Waals surface area contributed by atoms with Gasteiger partial charge in [-0.1, -0.05) is 13.8 Å². The zero-order chi connectivity index (χ0) is 22.5. The van der Waals surface area contributed by atoms with Crippen molar-refractivity contribution in [3.8, 4) is 0 Å². The number of hydrogen-bond acceptors (Lipinski definition) is 10. The first-order valence-corrected chi connectivity index (χ1v) is 11.2. The normalized spacial score (nSPS) is 16.0. The van der Waals surface area contributed by atoms with Gasteiger partial charge in [-0.2, -0.15) is 0 Å². The molecule has 8 nitrogen and oxygen atoms in total. The number of carbonyl (C=O) groups is 4. The summed E-state index contributed by atoms with van der Waals surface area (Å²) in [5.41, 5.74) is 0.395. The maximum absolute atomic E-state index is 12.6. The van der Waals surface area contributed by atoms with Gasteiger partial charge in [-0.05, 0) is 19.3 Å². The predicted octanol–water partition coefficient (Wildman–Crippen LogP) is 2.65. The number of Topliss-reactive ketones (excluding diaryl/α,β-unsaturated/α-hetero) is 2. The van der Waals surface area contributed by atoms with Crippen LogP contribution in [0.1, 0.15) is 64.2 Å². The summed E-state index contributed by atoms with van der Waals surface area (Å²) in [5.74, 6) is -1.07. The predicted molar refractivity (Wildman–Crippen MR) is 117 cm³/mol. The van der Waals surface area contributed by atoms with Crippen LogP contribution in [0.4, 0.5) is 0 Å². The van der Waals surface area contributed by atoms with Gasteiger partial charge >= 0.3 is 0 Å². The first kappa shape index (κ1) is 21.3. The lowest BCUT2D eigenvalue weighted by molar-refractivity contribution is 0.0973. The molecule has 0 aliphatic heterocycles. The Morgan fingerprint density at radius 1 is 0.774 bits per heavy atom. The van der Waals surface area contributed by atoms with Gasteiger partial charge in [-0.3, -0.25) is 19.2 Å². The molecule has 0 saturated heterocycles. The minimum atomic E-state index is -0.412. The van der Waals surface area contributed by atoms with Gasteiger partial charge in [0.05, 0.1) is 21.4 Å². The Morgan fingerprint density at radius 3 is 1.55 bits per heavy atom. The van der Waals surface area contributed by atoms with Crippen LogP contribution >= 0.6 is 22.7 Å². The fraction of sp³-hybridized carbons (Fsp3) is 0.333. The largest absolute Gasteiger partial charge is 0.381 e. The molecule has 2 aromatic rings. The van der Waals surface area contributed by atoms with Crippen LogP contribution in [0.15, 0.2) is 23.5 Å². The summed E-state index contributed by atoms with van der Waals surface area (Å²) in [6.45, 7) is 8.12. The zero-order valence-corrected chi connectivity index (χ0v) is 19.0. The minimum absolute atomic E-state index is 0.194. The van der Waals surface area contributed by atoms with E-state index in [1.165, 1.54) is 34.8 Å². The van der Waals surface area contributed by atoms with Gasteiger partial charge in [-0.25, -0.2) is 9.97 Å². The highest BCUT2D eigenvalue weighted by molar-refractivity contribution is 7.14. The number of rotatable bonds is 6. The van der Waals surface area contributed by atoms with Gasteiger partial charge in [0.15, 0.2) is 11.6 Å². The third-order valence-electron chi connectivity index (χ3n) is 4.90. The molecule has 0 atom stereocenters. The molecule has 2 heterocycles. The fourth-order valence-corrected chi connectivity index (χ4v) is 4.92. The van der Waals surface area contributed by atoms with Crippen molar-refractivity contribution >= 4 is 45.8 Å². The quantitative estimate of drug-likeness (QED) is 0.681. The summed E-state index contributed by atoms with van der Waals surface area (Å²) in [4.78, 5) is 59.0. The average molecular weight is 457 g/mol. The van der Waals surface area contributed by atoms with E-state index in [4.69, 9.17) is 0 Å². The van der Waals surface area contributed by atoms with Crippen molar-refractivity contribution in [3.05, 3.63) is 54.7 Å². The Bertz CT molecular complexity index is 1120. The molecule has 10 heteroatoms. The van der Waals surface area contributed by atoms with Crippen LogP contribution in [-0.2, 0) is 0 Å². The number of fused-ring (bicyclic) bond motifs is 2. The molecule has 0 fully saturated rings. The van der Waals surface area contributed by atoms with Crippen molar-refractivity contribution in [3.63, 3.8) is 0 Å². The van der Waals surface area contributed by atoms with Gasteiger partial charge in [0.1, 0.15) is 21.1 Å². The third kappa shape index (κ3) is 4.00. The number of thiazole rings is 2. The Labute approximate surface area is 186 Å². The number of aryl methyl sites for hydroxylation is 2. The molecule has 4 rings (SSSR count). The number of ketones is 4. The van der Waals surface area contributed by atoms with E-state index >= 15 is 0 Å². The van der Waals surface area contributed by atoms with Crippen LogP contribution in [0.3, 0.4) is 0 Å². The van der Waals surface area contributed by atoms with Gasteiger partial charge in [0.25, 0.3) is 0 Å². The molecule has 0 unspecified atom stereocenters. The molecule has 31 heavy (non-hydrogen) atoms. The number of nitrogens with zero attached hydrogens (tertiary/aromatic N) is 2. The second-order valence-electron chi connectivity index (χ2n) is 8.20. The summed E-state index contributed by atoms with van der Waals surface area (Å²) in [5, 5.41) is 7.45. The zero-order valence-electron chi connectivity index (χ0n) is 17.4. The monoisotopic (exact) mass is 456 g/mol. The van der Waals surface area contributed by atoms with Crippen molar-refractivity contribution in [2.75, 3.05) is 13.1 Å². The summed E-state index contributed by atoms with van der Waals surface area (Å²) in [6, 6.07) is 0. The Morgan fingerprint density at radius 2 is 1.16 bits per heavy atom. The Kier molecular flexibility index (Phi) is 5.22. The highest BCUT2D eigenvalue weighted by Gasteiger charge is 2.32. The van der Waals surface area contributed by atoms with Crippen molar-refractivity contribution < 1.29 is 19.2 Å². The topological polar surface area (TPSA) is 118 Å². The molecule has 0 spiro atoms. The lowest BCUT2D eigenvalue weighted by Gasteiger charge is -2.28.